The predicted octanol–water partition coefficient (Wildman–Crippen LogP) is 2.23. The summed E-state index contributed by atoms with van der Waals surface area (Å²) in [6.07, 6.45) is 5.85. The smallest absolute Gasteiger partial charge is 0.137 e. The summed E-state index contributed by atoms with van der Waals surface area (Å²) in [5, 5.41) is 9.94. The van der Waals surface area contributed by atoms with Gasteiger partial charge in [0.1, 0.15) is 5.78 Å². The fourth-order valence-electron chi connectivity index (χ4n) is 3.28. The average molecular weight is 253 g/mol. The molecule has 0 bridgehead atoms. The first-order valence-corrected chi connectivity index (χ1v) is 7.47. The van der Waals surface area contributed by atoms with Crippen molar-refractivity contribution >= 4 is 5.78 Å². The number of carbonyl (C=O) groups excluding carboxylic acids is 1. The van der Waals surface area contributed by atoms with Crippen molar-refractivity contribution < 1.29 is 9.90 Å². The Morgan fingerprint density at radius 2 is 2.06 bits per heavy atom. The zero-order valence-electron chi connectivity index (χ0n) is 11.8. The largest absolute Gasteiger partial charge is 0.390 e. The summed E-state index contributed by atoms with van der Waals surface area (Å²) in [5.41, 5.74) is -0.487. The monoisotopic (exact) mass is 253 g/mol. The molecule has 0 aromatic heterocycles. The Kier molecular flexibility index (Phi) is 4.44. The minimum Gasteiger partial charge on any atom is -0.390 e. The van der Waals surface area contributed by atoms with E-state index in [1.54, 1.807) is 0 Å². The molecule has 0 radical (unpaired) electrons. The zero-order valence-corrected chi connectivity index (χ0v) is 11.8. The maximum Gasteiger partial charge on any atom is 0.137 e. The molecule has 1 aliphatic carbocycles. The first-order chi connectivity index (χ1) is 8.50. The molecule has 1 heterocycles. The molecule has 1 saturated carbocycles. The summed E-state index contributed by atoms with van der Waals surface area (Å²) in [7, 11) is 0. The lowest BCUT2D eigenvalue weighted by Crippen LogP contribution is -2.45. The van der Waals surface area contributed by atoms with Crippen molar-refractivity contribution in [3.63, 3.8) is 0 Å². The van der Waals surface area contributed by atoms with Crippen LogP contribution in [0.25, 0.3) is 0 Å². The standard InChI is InChI=1S/C15H27NO2/c1-3-12-4-5-14(17)13(10-12)11-16-8-6-15(2,18)7-9-16/h12-13,18H,3-11H2,1-2H3. The molecule has 0 spiro atoms. The van der Waals surface area contributed by atoms with Gasteiger partial charge in [-0.2, -0.15) is 0 Å². The SMILES string of the molecule is CCC1CCC(=O)C(CN2CCC(C)(O)CC2)C1. The van der Waals surface area contributed by atoms with Crippen LogP contribution in [0, 0.1) is 11.8 Å². The highest BCUT2D eigenvalue weighted by atomic mass is 16.3. The van der Waals surface area contributed by atoms with Crippen LogP contribution in [-0.4, -0.2) is 41.0 Å². The number of rotatable bonds is 3. The molecule has 0 amide bonds. The lowest BCUT2D eigenvalue weighted by molar-refractivity contribution is -0.126. The van der Waals surface area contributed by atoms with Crippen LogP contribution in [0.4, 0.5) is 0 Å². The second-order valence-electron chi connectivity index (χ2n) is 6.51. The molecule has 0 aromatic rings. The second-order valence-corrected chi connectivity index (χ2v) is 6.51. The molecule has 3 nitrogen and oxygen atoms in total. The average Bonchev–Trinajstić information content (AvgIpc) is 2.34. The van der Waals surface area contributed by atoms with Crippen molar-refractivity contribution in [1.29, 1.82) is 0 Å². The first kappa shape index (κ1) is 14.0. The second kappa shape index (κ2) is 5.70. The van der Waals surface area contributed by atoms with E-state index < -0.39 is 5.60 Å². The summed E-state index contributed by atoms with van der Waals surface area (Å²) in [6.45, 7) is 6.95. The molecule has 2 atom stereocenters. The third kappa shape index (κ3) is 3.55. The molecule has 18 heavy (non-hydrogen) atoms. The zero-order chi connectivity index (χ0) is 13.2. The van der Waals surface area contributed by atoms with Crippen LogP contribution in [0.15, 0.2) is 0 Å². The van der Waals surface area contributed by atoms with Gasteiger partial charge in [0.25, 0.3) is 0 Å². The molecule has 2 aliphatic rings. The molecule has 1 saturated heterocycles. The molecule has 2 unspecified atom stereocenters. The Balaban J connectivity index is 1.83. The van der Waals surface area contributed by atoms with Crippen LogP contribution in [0.5, 0.6) is 0 Å². The van der Waals surface area contributed by atoms with E-state index in [-0.39, 0.29) is 5.92 Å². The Labute approximate surface area is 111 Å². The molecule has 2 fully saturated rings. The minimum absolute atomic E-state index is 0.256. The van der Waals surface area contributed by atoms with Gasteiger partial charge in [-0.25, -0.2) is 0 Å². The van der Waals surface area contributed by atoms with E-state index in [2.05, 4.69) is 11.8 Å². The summed E-state index contributed by atoms with van der Waals surface area (Å²) in [5.74, 6) is 1.48. The van der Waals surface area contributed by atoms with Crippen molar-refractivity contribution in [3.05, 3.63) is 0 Å². The Morgan fingerprint density at radius 1 is 1.39 bits per heavy atom. The van der Waals surface area contributed by atoms with Gasteiger partial charge in [-0.05, 0) is 38.5 Å². The highest BCUT2D eigenvalue weighted by molar-refractivity contribution is 5.81. The lowest BCUT2D eigenvalue weighted by atomic mass is 9.79. The Morgan fingerprint density at radius 3 is 2.67 bits per heavy atom. The van der Waals surface area contributed by atoms with Crippen molar-refractivity contribution in [2.45, 2.75) is 58.0 Å². The number of hydrogen-bond acceptors (Lipinski definition) is 3. The quantitative estimate of drug-likeness (QED) is 0.838. The van der Waals surface area contributed by atoms with Crippen LogP contribution in [0.1, 0.15) is 52.4 Å². The predicted molar refractivity (Wildman–Crippen MR) is 72.4 cm³/mol. The van der Waals surface area contributed by atoms with Crippen LogP contribution in [0.3, 0.4) is 0 Å². The normalized spacial score (nSPS) is 33.6. The molecule has 104 valence electrons. The van der Waals surface area contributed by atoms with Crippen LogP contribution in [0.2, 0.25) is 0 Å². The summed E-state index contributed by atoms with van der Waals surface area (Å²) >= 11 is 0. The summed E-state index contributed by atoms with van der Waals surface area (Å²) in [4.78, 5) is 14.4. The molecule has 0 aromatic carbocycles. The van der Waals surface area contributed by atoms with Gasteiger partial charge < -0.3 is 10.0 Å². The van der Waals surface area contributed by atoms with E-state index in [1.807, 2.05) is 6.92 Å². The number of piperidine rings is 1. The molecular weight excluding hydrogens is 226 g/mol. The van der Waals surface area contributed by atoms with Crippen molar-refractivity contribution in [3.8, 4) is 0 Å². The Hall–Kier alpha value is -0.410. The fourth-order valence-corrected chi connectivity index (χ4v) is 3.28. The number of ketones is 1. The van der Waals surface area contributed by atoms with Gasteiger partial charge in [0, 0.05) is 32.0 Å². The van der Waals surface area contributed by atoms with Crippen molar-refractivity contribution in [2.75, 3.05) is 19.6 Å². The van der Waals surface area contributed by atoms with Crippen LogP contribution >= 0.6 is 0 Å². The van der Waals surface area contributed by atoms with Crippen LogP contribution in [-0.2, 0) is 4.79 Å². The van der Waals surface area contributed by atoms with Crippen molar-refractivity contribution in [2.24, 2.45) is 11.8 Å². The van der Waals surface area contributed by atoms with E-state index in [1.165, 1.54) is 6.42 Å². The van der Waals surface area contributed by atoms with Gasteiger partial charge in [0.15, 0.2) is 0 Å². The fraction of sp³-hybridized carbons (Fsp3) is 0.933. The van der Waals surface area contributed by atoms with Gasteiger partial charge in [-0.1, -0.05) is 13.3 Å². The van der Waals surface area contributed by atoms with Gasteiger partial charge in [-0.3, -0.25) is 4.79 Å². The molecular formula is C15H27NO2. The van der Waals surface area contributed by atoms with E-state index in [0.29, 0.717) is 5.78 Å². The molecule has 2 rings (SSSR count). The number of aliphatic hydroxyl groups is 1. The van der Waals surface area contributed by atoms with Gasteiger partial charge in [-0.15, -0.1) is 0 Å². The molecule has 1 N–H and O–H groups in total. The van der Waals surface area contributed by atoms with E-state index in [9.17, 15) is 9.90 Å². The van der Waals surface area contributed by atoms with Crippen LogP contribution < -0.4 is 0 Å². The highest BCUT2D eigenvalue weighted by Crippen LogP contribution is 2.30. The van der Waals surface area contributed by atoms with Crippen molar-refractivity contribution in [1.82, 2.24) is 4.90 Å². The third-order valence-electron chi connectivity index (χ3n) is 4.86. The van der Waals surface area contributed by atoms with E-state index in [4.69, 9.17) is 0 Å². The topological polar surface area (TPSA) is 40.5 Å². The molecule has 1 aliphatic heterocycles. The first-order valence-electron chi connectivity index (χ1n) is 7.47. The Bertz CT molecular complexity index is 291. The van der Waals surface area contributed by atoms with E-state index in [0.717, 1.165) is 57.7 Å². The lowest BCUT2D eigenvalue weighted by Gasteiger charge is -2.38. The number of likely N-dealkylation sites (tertiary alicyclic amines) is 1. The maximum atomic E-state index is 12.0. The number of carbonyl (C=O) groups is 1. The highest BCUT2D eigenvalue weighted by Gasteiger charge is 2.32. The maximum absolute atomic E-state index is 12.0. The molecule has 3 heteroatoms. The minimum atomic E-state index is -0.487. The third-order valence-corrected chi connectivity index (χ3v) is 4.86. The number of hydrogen-bond donors (Lipinski definition) is 1. The van der Waals surface area contributed by atoms with Gasteiger partial charge >= 0.3 is 0 Å². The van der Waals surface area contributed by atoms with Gasteiger partial charge in [0.2, 0.25) is 0 Å². The van der Waals surface area contributed by atoms with E-state index >= 15 is 0 Å². The number of nitrogens with zero attached hydrogens (tertiary/aromatic N) is 1. The number of Topliss-reactive ketones (excluding diaryl/α,β-unsaturated/α-hetero) is 1. The summed E-state index contributed by atoms with van der Waals surface area (Å²) in [6, 6.07) is 0. The van der Waals surface area contributed by atoms with Gasteiger partial charge in [0.05, 0.1) is 5.60 Å². The summed E-state index contributed by atoms with van der Waals surface area (Å²) < 4.78 is 0.